The van der Waals surface area contributed by atoms with Crippen LogP contribution < -0.4 is 16.0 Å². The Balaban J connectivity index is 1.26. The van der Waals surface area contributed by atoms with Crippen LogP contribution in [0.15, 0.2) is 60.3 Å². The van der Waals surface area contributed by atoms with Crippen molar-refractivity contribution in [3.05, 3.63) is 76.5 Å². The Labute approximate surface area is 214 Å². The van der Waals surface area contributed by atoms with Gasteiger partial charge in [0.25, 0.3) is 11.8 Å². The second-order valence-corrected chi connectivity index (χ2v) is 9.92. The zero-order chi connectivity index (χ0) is 25.3. The van der Waals surface area contributed by atoms with Gasteiger partial charge < -0.3 is 10.6 Å². The normalized spacial score (nSPS) is 21.2. The molecular formula is C27H27ClN4O4. The van der Waals surface area contributed by atoms with Gasteiger partial charge in [-0.05, 0) is 74.0 Å². The van der Waals surface area contributed by atoms with Gasteiger partial charge in [0.1, 0.15) is 11.7 Å². The van der Waals surface area contributed by atoms with Crippen LogP contribution in [0.3, 0.4) is 0 Å². The molecule has 0 bridgehead atoms. The summed E-state index contributed by atoms with van der Waals surface area (Å²) >= 11 is 6.11. The molecule has 1 unspecified atom stereocenters. The molecule has 3 N–H and O–H groups in total. The van der Waals surface area contributed by atoms with E-state index in [1.807, 2.05) is 36.4 Å². The minimum atomic E-state index is -0.980. The predicted octanol–water partition coefficient (Wildman–Crippen LogP) is 3.02. The predicted molar refractivity (Wildman–Crippen MR) is 135 cm³/mol. The van der Waals surface area contributed by atoms with Gasteiger partial charge in [0, 0.05) is 28.7 Å². The summed E-state index contributed by atoms with van der Waals surface area (Å²) in [5, 5.41) is 9.73. The molecular weight excluding hydrogens is 480 g/mol. The summed E-state index contributed by atoms with van der Waals surface area (Å²) in [6, 6.07) is 14.7. The van der Waals surface area contributed by atoms with E-state index in [0.717, 1.165) is 47.7 Å². The molecule has 36 heavy (non-hydrogen) atoms. The van der Waals surface area contributed by atoms with Crippen LogP contribution in [-0.2, 0) is 31.1 Å². The molecule has 8 nitrogen and oxygen atoms in total. The summed E-state index contributed by atoms with van der Waals surface area (Å²) in [6.07, 6.45) is 5.43. The highest BCUT2D eigenvalue weighted by Crippen LogP contribution is 2.42. The van der Waals surface area contributed by atoms with Crippen LogP contribution in [0, 0.1) is 0 Å². The third-order valence-corrected chi connectivity index (χ3v) is 7.38. The van der Waals surface area contributed by atoms with Crippen molar-refractivity contribution in [3.63, 3.8) is 0 Å². The lowest BCUT2D eigenvalue weighted by Crippen LogP contribution is -2.54. The molecule has 2 heterocycles. The second-order valence-electron chi connectivity index (χ2n) is 9.49. The van der Waals surface area contributed by atoms with Gasteiger partial charge in [-0.25, -0.2) is 0 Å². The molecule has 0 aromatic heterocycles. The first-order valence-corrected chi connectivity index (χ1v) is 12.5. The molecule has 2 aromatic rings. The van der Waals surface area contributed by atoms with Crippen LogP contribution in [0.25, 0.3) is 0 Å². The molecule has 2 aliphatic heterocycles. The maximum atomic E-state index is 13.0. The van der Waals surface area contributed by atoms with Crippen LogP contribution in [0.2, 0.25) is 5.02 Å². The number of piperidine rings is 1. The Kier molecular flexibility index (Phi) is 6.64. The molecule has 3 aliphatic rings. The van der Waals surface area contributed by atoms with Crippen LogP contribution in [-0.4, -0.2) is 41.1 Å². The number of imide groups is 2. The van der Waals surface area contributed by atoms with Gasteiger partial charge in [-0.3, -0.25) is 29.4 Å². The van der Waals surface area contributed by atoms with E-state index in [4.69, 9.17) is 11.6 Å². The lowest BCUT2D eigenvalue weighted by atomic mass is 9.71. The number of anilines is 1. The van der Waals surface area contributed by atoms with Crippen LogP contribution in [0.1, 0.15) is 43.2 Å². The molecule has 0 spiro atoms. The monoisotopic (exact) mass is 506 g/mol. The van der Waals surface area contributed by atoms with Crippen LogP contribution in [0.5, 0.6) is 0 Å². The first-order valence-electron chi connectivity index (χ1n) is 12.1. The Bertz CT molecular complexity index is 1270. The van der Waals surface area contributed by atoms with E-state index in [9.17, 15) is 19.2 Å². The van der Waals surface area contributed by atoms with Gasteiger partial charge in [0.2, 0.25) is 11.8 Å². The van der Waals surface area contributed by atoms with E-state index < -0.39 is 29.7 Å². The molecule has 9 heteroatoms. The van der Waals surface area contributed by atoms with Crippen molar-refractivity contribution < 1.29 is 19.2 Å². The maximum absolute atomic E-state index is 13.0. The Hall–Kier alpha value is -3.49. The van der Waals surface area contributed by atoms with Crippen molar-refractivity contribution >= 4 is 40.9 Å². The third kappa shape index (κ3) is 4.79. The van der Waals surface area contributed by atoms with Crippen molar-refractivity contribution in [2.24, 2.45) is 0 Å². The quantitative estimate of drug-likeness (QED) is 0.475. The zero-order valence-electron chi connectivity index (χ0n) is 19.7. The Morgan fingerprint density at radius 3 is 2.58 bits per heavy atom. The van der Waals surface area contributed by atoms with Crippen molar-refractivity contribution in [3.8, 4) is 0 Å². The van der Waals surface area contributed by atoms with E-state index in [1.165, 1.54) is 11.6 Å². The van der Waals surface area contributed by atoms with Gasteiger partial charge in [-0.1, -0.05) is 35.9 Å². The van der Waals surface area contributed by atoms with E-state index in [2.05, 4.69) is 28.1 Å². The van der Waals surface area contributed by atoms with Crippen LogP contribution in [0.4, 0.5) is 5.69 Å². The van der Waals surface area contributed by atoms with E-state index in [-0.39, 0.29) is 24.1 Å². The van der Waals surface area contributed by atoms with Crippen molar-refractivity contribution in [2.45, 2.75) is 50.1 Å². The molecule has 0 radical (unpaired) electrons. The SMILES string of the molecule is O=C1CCC(N2C(=O)C=C(Nc3cccc(C4(NCCc5cccc(Cl)c5)CCC4)c3)C2=O)C(=O)N1. The molecule has 2 aromatic carbocycles. The summed E-state index contributed by atoms with van der Waals surface area (Å²) in [7, 11) is 0. The summed E-state index contributed by atoms with van der Waals surface area (Å²) in [5.74, 6) is -2.16. The second kappa shape index (κ2) is 9.87. The summed E-state index contributed by atoms with van der Waals surface area (Å²) < 4.78 is 0. The van der Waals surface area contributed by atoms with Gasteiger partial charge >= 0.3 is 0 Å². The van der Waals surface area contributed by atoms with Gasteiger partial charge in [-0.15, -0.1) is 0 Å². The smallest absolute Gasteiger partial charge is 0.278 e. The average Bonchev–Trinajstić information content (AvgIpc) is 3.08. The molecule has 2 fully saturated rings. The maximum Gasteiger partial charge on any atom is 0.278 e. The minimum Gasteiger partial charge on any atom is -0.351 e. The number of carbonyl (C=O) groups is 4. The topological polar surface area (TPSA) is 108 Å². The molecule has 1 saturated heterocycles. The summed E-state index contributed by atoms with van der Waals surface area (Å²) in [6.45, 7) is 0.803. The lowest BCUT2D eigenvalue weighted by Gasteiger charge is -2.43. The average molecular weight is 507 g/mol. The zero-order valence-corrected chi connectivity index (χ0v) is 20.4. The number of hydrogen-bond donors (Lipinski definition) is 3. The molecule has 5 rings (SSSR count). The van der Waals surface area contributed by atoms with E-state index in [1.54, 1.807) is 0 Å². The summed E-state index contributed by atoms with van der Waals surface area (Å²) in [4.78, 5) is 50.1. The fraction of sp³-hybridized carbons (Fsp3) is 0.333. The van der Waals surface area contributed by atoms with E-state index >= 15 is 0 Å². The highest BCUT2D eigenvalue weighted by molar-refractivity contribution is 6.30. The van der Waals surface area contributed by atoms with Gasteiger partial charge in [0.05, 0.1) is 0 Å². The highest BCUT2D eigenvalue weighted by Gasteiger charge is 2.42. The number of rotatable bonds is 8. The van der Waals surface area contributed by atoms with Crippen molar-refractivity contribution in [1.82, 2.24) is 15.5 Å². The molecule has 1 aliphatic carbocycles. The number of nitrogens with zero attached hydrogens (tertiary/aromatic N) is 1. The Morgan fingerprint density at radius 2 is 1.86 bits per heavy atom. The van der Waals surface area contributed by atoms with Crippen LogP contribution >= 0.6 is 11.6 Å². The lowest BCUT2D eigenvalue weighted by molar-refractivity contribution is -0.149. The fourth-order valence-corrected chi connectivity index (χ4v) is 5.30. The standard InChI is InChI=1S/C27H27ClN4O4/c28-19-6-1-4-17(14-19)10-13-29-27(11-3-12-27)18-5-2-7-20(15-18)30-21-16-24(34)32(26(21)36)22-8-9-23(33)31-25(22)35/h1-2,4-7,14-16,22,29-30H,3,8-13H2,(H,31,33,35). The molecule has 186 valence electrons. The highest BCUT2D eigenvalue weighted by atomic mass is 35.5. The number of halogens is 1. The molecule has 1 saturated carbocycles. The first kappa shape index (κ1) is 24.2. The van der Waals surface area contributed by atoms with Gasteiger partial charge in [0.15, 0.2) is 0 Å². The van der Waals surface area contributed by atoms with Crippen molar-refractivity contribution in [2.75, 3.05) is 11.9 Å². The van der Waals surface area contributed by atoms with Gasteiger partial charge in [-0.2, -0.15) is 0 Å². The summed E-state index contributed by atoms with van der Waals surface area (Å²) in [5.41, 5.74) is 2.95. The minimum absolute atomic E-state index is 0.0880. The van der Waals surface area contributed by atoms with Crippen molar-refractivity contribution in [1.29, 1.82) is 0 Å². The number of amides is 4. The number of carbonyl (C=O) groups excluding carboxylic acids is 4. The number of benzene rings is 2. The third-order valence-electron chi connectivity index (χ3n) is 7.14. The largest absolute Gasteiger partial charge is 0.351 e. The molecule has 1 atom stereocenters. The Morgan fingerprint density at radius 1 is 1.06 bits per heavy atom. The number of nitrogens with one attached hydrogen (secondary N) is 3. The first-order chi connectivity index (χ1) is 17.3. The fourth-order valence-electron chi connectivity index (χ4n) is 5.08. The molecule has 4 amide bonds. The van der Waals surface area contributed by atoms with E-state index in [0.29, 0.717) is 5.69 Å². The number of hydrogen-bond acceptors (Lipinski definition) is 6.